The number of esters is 1. The van der Waals surface area contributed by atoms with E-state index in [9.17, 15) is 9.59 Å². The molecule has 2 unspecified atom stereocenters. The van der Waals surface area contributed by atoms with Crippen molar-refractivity contribution in [2.45, 2.75) is 59.4 Å². The maximum absolute atomic E-state index is 12.4. The molecule has 0 saturated heterocycles. The summed E-state index contributed by atoms with van der Waals surface area (Å²) in [4.78, 5) is 24.6. The summed E-state index contributed by atoms with van der Waals surface area (Å²) in [5, 5.41) is 0. The molecule has 1 saturated carbocycles. The van der Waals surface area contributed by atoms with E-state index in [0.717, 1.165) is 25.0 Å². The quantitative estimate of drug-likeness (QED) is 0.802. The van der Waals surface area contributed by atoms with Crippen LogP contribution in [0.3, 0.4) is 0 Å². The Morgan fingerprint density at radius 3 is 2.71 bits per heavy atom. The van der Waals surface area contributed by atoms with Gasteiger partial charge in [-0.3, -0.25) is 4.79 Å². The number of carbonyl (C=O) groups excluding carboxylic acids is 1. The second-order valence-corrected chi connectivity index (χ2v) is 6.14. The van der Waals surface area contributed by atoms with Crippen molar-refractivity contribution >= 4 is 5.97 Å². The van der Waals surface area contributed by atoms with E-state index in [1.54, 1.807) is 19.9 Å². The molecule has 0 aliphatic heterocycles. The van der Waals surface area contributed by atoms with Crippen LogP contribution in [0.25, 0.3) is 0 Å². The standard InChI is InChI=1S/C17H25NO3/c1-5-21-17(20)16-12(3)10-15(19)18(13(16)4)14-8-6-7-11(2)9-14/h10-11,14H,5-9H2,1-4H3. The Morgan fingerprint density at radius 2 is 2.10 bits per heavy atom. The molecule has 116 valence electrons. The third-order valence-electron chi connectivity index (χ3n) is 4.45. The summed E-state index contributed by atoms with van der Waals surface area (Å²) in [7, 11) is 0. The number of hydrogen-bond acceptors (Lipinski definition) is 3. The molecule has 1 fully saturated rings. The second kappa shape index (κ2) is 6.46. The van der Waals surface area contributed by atoms with Crippen molar-refractivity contribution in [3.8, 4) is 0 Å². The van der Waals surface area contributed by atoms with Gasteiger partial charge in [-0.15, -0.1) is 0 Å². The van der Waals surface area contributed by atoms with Crippen LogP contribution >= 0.6 is 0 Å². The van der Waals surface area contributed by atoms with Crippen molar-refractivity contribution in [3.05, 3.63) is 33.2 Å². The number of rotatable bonds is 3. The third-order valence-corrected chi connectivity index (χ3v) is 4.45. The average molecular weight is 291 g/mol. The lowest BCUT2D eigenvalue weighted by Crippen LogP contribution is -2.32. The van der Waals surface area contributed by atoms with E-state index in [0.29, 0.717) is 23.7 Å². The minimum atomic E-state index is -0.329. The van der Waals surface area contributed by atoms with Crippen molar-refractivity contribution < 1.29 is 9.53 Å². The average Bonchev–Trinajstić information content (AvgIpc) is 2.38. The van der Waals surface area contributed by atoms with Gasteiger partial charge in [0.05, 0.1) is 12.2 Å². The van der Waals surface area contributed by atoms with Crippen LogP contribution in [0.1, 0.15) is 67.2 Å². The lowest BCUT2D eigenvalue weighted by Gasteiger charge is -2.30. The molecule has 1 aromatic rings. The molecule has 0 amide bonds. The zero-order valence-corrected chi connectivity index (χ0v) is 13.4. The van der Waals surface area contributed by atoms with E-state index in [1.165, 1.54) is 6.42 Å². The van der Waals surface area contributed by atoms with Crippen molar-refractivity contribution in [2.75, 3.05) is 6.61 Å². The Balaban J connectivity index is 2.48. The smallest absolute Gasteiger partial charge is 0.340 e. The first-order valence-electron chi connectivity index (χ1n) is 7.85. The normalized spacial score (nSPS) is 22.1. The van der Waals surface area contributed by atoms with Crippen LogP contribution in [-0.4, -0.2) is 17.1 Å². The van der Waals surface area contributed by atoms with Gasteiger partial charge in [-0.1, -0.05) is 19.8 Å². The molecule has 2 atom stereocenters. The summed E-state index contributed by atoms with van der Waals surface area (Å²) in [6.07, 6.45) is 4.38. The number of carbonyl (C=O) groups is 1. The molecule has 1 aliphatic carbocycles. The topological polar surface area (TPSA) is 48.3 Å². The summed E-state index contributed by atoms with van der Waals surface area (Å²) in [6, 6.07) is 1.77. The SMILES string of the molecule is CCOC(=O)c1c(C)cc(=O)n(C2CCCC(C)C2)c1C. The first kappa shape index (κ1) is 15.8. The van der Waals surface area contributed by atoms with Crippen LogP contribution in [0.2, 0.25) is 0 Å². The molecule has 0 radical (unpaired) electrons. The summed E-state index contributed by atoms with van der Waals surface area (Å²) in [5.41, 5.74) is 2.00. The van der Waals surface area contributed by atoms with Gasteiger partial charge in [0.25, 0.3) is 5.56 Å². The van der Waals surface area contributed by atoms with Crippen LogP contribution in [0.5, 0.6) is 0 Å². The van der Waals surface area contributed by atoms with Crippen molar-refractivity contribution in [2.24, 2.45) is 5.92 Å². The fourth-order valence-corrected chi connectivity index (χ4v) is 3.50. The van der Waals surface area contributed by atoms with E-state index in [1.807, 2.05) is 11.5 Å². The number of aryl methyl sites for hydroxylation is 1. The van der Waals surface area contributed by atoms with E-state index in [4.69, 9.17) is 4.74 Å². The van der Waals surface area contributed by atoms with Gasteiger partial charge in [-0.2, -0.15) is 0 Å². The molecule has 2 rings (SSSR count). The maximum Gasteiger partial charge on any atom is 0.340 e. The fraction of sp³-hybridized carbons (Fsp3) is 0.647. The first-order chi connectivity index (χ1) is 9.95. The monoisotopic (exact) mass is 291 g/mol. The van der Waals surface area contributed by atoms with Crippen LogP contribution < -0.4 is 5.56 Å². The highest BCUT2D eigenvalue weighted by Crippen LogP contribution is 2.32. The lowest BCUT2D eigenvalue weighted by atomic mass is 9.86. The van der Waals surface area contributed by atoms with Crippen molar-refractivity contribution in [1.82, 2.24) is 4.57 Å². The molecule has 4 heteroatoms. The second-order valence-electron chi connectivity index (χ2n) is 6.14. The number of aromatic nitrogens is 1. The van der Waals surface area contributed by atoms with Gasteiger partial charge in [-0.05, 0) is 45.1 Å². The van der Waals surface area contributed by atoms with E-state index < -0.39 is 0 Å². The van der Waals surface area contributed by atoms with Gasteiger partial charge in [0.1, 0.15) is 0 Å². The largest absolute Gasteiger partial charge is 0.462 e. The molecule has 21 heavy (non-hydrogen) atoms. The highest BCUT2D eigenvalue weighted by Gasteiger charge is 2.25. The third kappa shape index (κ3) is 3.20. The Bertz CT molecular complexity index is 588. The minimum Gasteiger partial charge on any atom is -0.462 e. The number of pyridine rings is 1. The zero-order valence-electron chi connectivity index (χ0n) is 13.4. The maximum atomic E-state index is 12.4. The van der Waals surface area contributed by atoms with Crippen LogP contribution in [0.15, 0.2) is 10.9 Å². The van der Waals surface area contributed by atoms with E-state index >= 15 is 0 Å². The van der Waals surface area contributed by atoms with E-state index in [-0.39, 0.29) is 17.6 Å². The first-order valence-corrected chi connectivity index (χ1v) is 7.85. The highest BCUT2D eigenvalue weighted by molar-refractivity contribution is 5.92. The Kier molecular flexibility index (Phi) is 4.86. The van der Waals surface area contributed by atoms with Gasteiger partial charge in [-0.25, -0.2) is 4.79 Å². The van der Waals surface area contributed by atoms with Crippen molar-refractivity contribution in [1.29, 1.82) is 0 Å². The number of nitrogens with zero attached hydrogens (tertiary/aromatic N) is 1. The van der Waals surface area contributed by atoms with E-state index in [2.05, 4.69) is 6.92 Å². The molecule has 0 bridgehead atoms. The van der Waals surface area contributed by atoms with Crippen LogP contribution in [0, 0.1) is 19.8 Å². The Hall–Kier alpha value is -1.58. The van der Waals surface area contributed by atoms with Crippen molar-refractivity contribution in [3.63, 3.8) is 0 Å². The Morgan fingerprint density at radius 1 is 1.38 bits per heavy atom. The molecule has 1 heterocycles. The summed E-state index contributed by atoms with van der Waals surface area (Å²) in [5.74, 6) is 0.299. The van der Waals surface area contributed by atoms with Gasteiger partial charge in [0, 0.05) is 17.8 Å². The van der Waals surface area contributed by atoms with Gasteiger partial charge in [0.15, 0.2) is 0 Å². The molecular formula is C17H25NO3. The lowest BCUT2D eigenvalue weighted by molar-refractivity contribution is 0.0523. The predicted molar refractivity (Wildman–Crippen MR) is 82.8 cm³/mol. The van der Waals surface area contributed by atoms with Gasteiger partial charge in [0.2, 0.25) is 0 Å². The molecule has 1 aromatic heterocycles. The highest BCUT2D eigenvalue weighted by atomic mass is 16.5. The number of hydrogen-bond donors (Lipinski definition) is 0. The zero-order chi connectivity index (χ0) is 15.6. The minimum absolute atomic E-state index is 0.00264. The Labute approximate surface area is 126 Å². The molecule has 1 aliphatic rings. The summed E-state index contributed by atoms with van der Waals surface area (Å²) >= 11 is 0. The molecule has 4 nitrogen and oxygen atoms in total. The summed E-state index contributed by atoms with van der Waals surface area (Å²) in [6.45, 7) is 8.03. The summed E-state index contributed by atoms with van der Waals surface area (Å²) < 4.78 is 6.95. The van der Waals surface area contributed by atoms with Crippen LogP contribution in [0.4, 0.5) is 0 Å². The molecular weight excluding hydrogens is 266 g/mol. The van der Waals surface area contributed by atoms with Crippen LogP contribution in [-0.2, 0) is 4.74 Å². The molecule has 0 N–H and O–H groups in total. The van der Waals surface area contributed by atoms with Gasteiger partial charge >= 0.3 is 5.97 Å². The molecule has 0 spiro atoms. The van der Waals surface area contributed by atoms with Gasteiger partial charge < -0.3 is 9.30 Å². The fourth-order valence-electron chi connectivity index (χ4n) is 3.50. The predicted octanol–water partition coefficient (Wildman–Crippen LogP) is 3.39. The molecule has 0 aromatic carbocycles. The number of ether oxygens (including phenoxy) is 1.